The molecule has 30 heavy (non-hydrogen) atoms. The molecule has 0 atom stereocenters. The van der Waals surface area contributed by atoms with Gasteiger partial charge >= 0.3 is 6.18 Å². The van der Waals surface area contributed by atoms with E-state index in [-0.39, 0.29) is 5.91 Å². The predicted octanol–water partition coefficient (Wildman–Crippen LogP) is 2.08. The van der Waals surface area contributed by atoms with Crippen molar-refractivity contribution in [3.8, 4) is 5.75 Å². The van der Waals surface area contributed by atoms with Crippen LogP contribution in [0, 0.1) is 0 Å². The first kappa shape index (κ1) is 22.0. The van der Waals surface area contributed by atoms with Gasteiger partial charge in [-0.1, -0.05) is 18.2 Å². The summed E-state index contributed by atoms with van der Waals surface area (Å²) < 4.78 is 44.0. The van der Waals surface area contributed by atoms with Gasteiger partial charge in [0.05, 0.1) is 38.9 Å². The first-order valence-electron chi connectivity index (χ1n) is 9.89. The minimum absolute atomic E-state index is 0.0494. The number of benzene rings is 2. The van der Waals surface area contributed by atoms with Crippen LogP contribution >= 0.6 is 0 Å². The molecule has 2 aromatic rings. The molecule has 0 unspecified atom stereocenters. The van der Waals surface area contributed by atoms with Crippen molar-refractivity contribution in [3.05, 3.63) is 59.7 Å². The lowest BCUT2D eigenvalue weighted by Gasteiger charge is -2.34. The van der Waals surface area contributed by atoms with E-state index in [1.54, 1.807) is 25.1 Å². The highest BCUT2D eigenvalue weighted by Gasteiger charge is 2.31. The molecule has 0 saturated carbocycles. The number of piperazine rings is 1. The van der Waals surface area contributed by atoms with Gasteiger partial charge in [0.1, 0.15) is 5.75 Å². The summed E-state index contributed by atoms with van der Waals surface area (Å²) in [4.78, 5) is 17.4. The molecule has 1 aliphatic heterocycles. The molecule has 1 aliphatic rings. The number of rotatable bonds is 6. The number of nitrogens with one attached hydrogen (secondary N) is 1. The maximum atomic E-state index is 12.9. The Balaban J connectivity index is 1.49. The van der Waals surface area contributed by atoms with Crippen molar-refractivity contribution in [2.24, 2.45) is 0 Å². The highest BCUT2D eigenvalue weighted by molar-refractivity contribution is 5.76. The van der Waals surface area contributed by atoms with Gasteiger partial charge in [0.25, 0.3) is 5.91 Å². The third kappa shape index (κ3) is 5.66. The second-order valence-electron chi connectivity index (χ2n) is 7.56. The quantitative estimate of drug-likeness (QED) is 0.775. The average Bonchev–Trinajstić information content (AvgIpc) is 2.74. The van der Waals surface area contributed by atoms with Gasteiger partial charge in [0.2, 0.25) is 0 Å². The zero-order valence-corrected chi connectivity index (χ0v) is 17.2. The maximum Gasteiger partial charge on any atom is 0.416 e. The Morgan fingerprint density at radius 2 is 1.80 bits per heavy atom. The molecule has 0 radical (unpaired) electrons. The molecular weight excluding hydrogens is 395 g/mol. The first-order valence-corrected chi connectivity index (χ1v) is 9.89. The van der Waals surface area contributed by atoms with Crippen LogP contribution < -0.4 is 14.5 Å². The molecule has 0 spiro atoms. The number of amides is 1. The maximum absolute atomic E-state index is 12.9. The Labute approximate surface area is 174 Å². The van der Waals surface area contributed by atoms with Crippen molar-refractivity contribution in [2.45, 2.75) is 12.7 Å². The molecule has 0 aliphatic carbocycles. The van der Waals surface area contributed by atoms with Gasteiger partial charge < -0.3 is 19.4 Å². The number of nitrogens with zero attached hydrogens (tertiary/aromatic N) is 2. The summed E-state index contributed by atoms with van der Waals surface area (Å²) >= 11 is 0. The van der Waals surface area contributed by atoms with Gasteiger partial charge in [-0.15, -0.1) is 0 Å². The fourth-order valence-electron chi connectivity index (χ4n) is 3.58. The van der Waals surface area contributed by atoms with Crippen molar-refractivity contribution in [3.63, 3.8) is 0 Å². The van der Waals surface area contributed by atoms with E-state index in [4.69, 9.17) is 4.74 Å². The summed E-state index contributed by atoms with van der Waals surface area (Å²) in [5.74, 6) is 0.823. The molecular formula is C22H27F3N3O2+. The average molecular weight is 422 g/mol. The number of carbonyl (C=O) groups is 1. The zero-order chi connectivity index (χ0) is 21.7. The number of quaternary nitrogens is 1. The topological polar surface area (TPSA) is 37.2 Å². The number of alkyl halides is 3. The van der Waals surface area contributed by atoms with Crippen LogP contribution in [0.5, 0.6) is 5.75 Å². The van der Waals surface area contributed by atoms with E-state index < -0.39 is 11.7 Å². The molecule has 1 amide bonds. The Morgan fingerprint density at radius 1 is 1.13 bits per heavy atom. The largest absolute Gasteiger partial charge is 0.497 e. The first-order chi connectivity index (χ1) is 14.3. The number of ether oxygens (including phenoxy) is 1. The van der Waals surface area contributed by atoms with Gasteiger partial charge in [-0.3, -0.25) is 4.79 Å². The minimum atomic E-state index is -4.34. The van der Waals surface area contributed by atoms with E-state index in [2.05, 4.69) is 0 Å². The van der Waals surface area contributed by atoms with Crippen LogP contribution in [0.3, 0.4) is 0 Å². The molecule has 1 N–H and O–H groups in total. The standard InChI is InChI=1S/C22H26F3N3O2/c1-26(15-17-6-8-20(30-2)9-7-17)21(29)16-27-10-12-28(13-11-27)19-5-3-4-18(14-19)22(23,24)25/h3-9,14H,10-13,15-16H2,1-2H3/p+1. The van der Waals surface area contributed by atoms with Crippen molar-refractivity contribution in [1.29, 1.82) is 0 Å². The second kappa shape index (κ2) is 9.38. The number of methoxy groups -OCH3 is 1. The Hall–Kier alpha value is -2.74. The van der Waals surface area contributed by atoms with Crippen molar-refractivity contribution in [2.75, 3.05) is 51.8 Å². The number of anilines is 1. The van der Waals surface area contributed by atoms with E-state index in [9.17, 15) is 18.0 Å². The highest BCUT2D eigenvalue weighted by Crippen LogP contribution is 2.31. The lowest BCUT2D eigenvalue weighted by Crippen LogP contribution is -3.15. The number of halogens is 3. The number of likely N-dealkylation sites (N-methyl/N-ethyl adjacent to an activating group) is 1. The molecule has 1 heterocycles. The zero-order valence-electron chi connectivity index (χ0n) is 17.2. The highest BCUT2D eigenvalue weighted by atomic mass is 19.4. The van der Waals surface area contributed by atoms with Crippen LogP contribution in [0.1, 0.15) is 11.1 Å². The van der Waals surface area contributed by atoms with Crippen LogP contribution in [0.4, 0.5) is 18.9 Å². The Bertz CT molecular complexity index is 847. The summed E-state index contributed by atoms with van der Waals surface area (Å²) in [7, 11) is 3.39. The molecule has 3 rings (SSSR count). The summed E-state index contributed by atoms with van der Waals surface area (Å²) in [6, 6.07) is 13.0. The fourth-order valence-corrected chi connectivity index (χ4v) is 3.58. The smallest absolute Gasteiger partial charge is 0.416 e. The molecule has 8 heteroatoms. The Kier molecular flexibility index (Phi) is 6.87. The fraction of sp³-hybridized carbons (Fsp3) is 0.409. The minimum Gasteiger partial charge on any atom is -0.497 e. The van der Waals surface area contributed by atoms with Gasteiger partial charge in [0.15, 0.2) is 6.54 Å². The lowest BCUT2D eigenvalue weighted by atomic mass is 10.1. The van der Waals surface area contributed by atoms with Gasteiger partial charge in [-0.25, -0.2) is 0 Å². The monoisotopic (exact) mass is 422 g/mol. The molecule has 2 aromatic carbocycles. The van der Waals surface area contributed by atoms with Crippen LogP contribution in [0.25, 0.3) is 0 Å². The van der Waals surface area contributed by atoms with E-state index in [0.717, 1.165) is 22.3 Å². The number of hydrogen-bond donors (Lipinski definition) is 1. The molecule has 5 nitrogen and oxygen atoms in total. The van der Waals surface area contributed by atoms with Crippen molar-refractivity contribution >= 4 is 11.6 Å². The van der Waals surface area contributed by atoms with E-state index in [1.165, 1.54) is 12.1 Å². The van der Waals surface area contributed by atoms with Crippen molar-refractivity contribution in [1.82, 2.24) is 4.90 Å². The molecule has 0 aromatic heterocycles. The second-order valence-corrected chi connectivity index (χ2v) is 7.56. The van der Waals surface area contributed by atoms with Gasteiger partial charge in [-0.2, -0.15) is 13.2 Å². The number of carbonyl (C=O) groups excluding carboxylic acids is 1. The van der Waals surface area contributed by atoms with Crippen LogP contribution in [-0.2, 0) is 17.5 Å². The van der Waals surface area contributed by atoms with Crippen molar-refractivity contribution < 1.29 is 27.6 Å². The number of hydrogen-bond acceptors (Lipinski definition) is 3. The Morgan fingerprint density at radius 3 is 2.40 bits per heavy atom. The van der Waals surface area contributed by atoms with E-state index in [1.807, 2.05) is 29.2 Å². The summed E-state index contributed by atoms with van der Waals surface area (Å²) in [5.41, 5.74) is 0.966. The molecule has 162 valence electrons. The summed E-state index contributed by atoms with van der Waals surface area (Å²) in [5, 5.41) is 0. The van der Waals surface area contributed by atoms with E-state index >= 15 is 0 Å². The molecule has 0 bridgehead atoms. The third-order valence-electron chi connectivity index (χ3n) is 5.41. The lowest BCUT2D eigenvalue weighted by molar-refractivity contribution is -0.892. The summed E-state index contributed by atoms with van der Waals surface area (Å²) in [6.07, 6.45) is -4.34. The molecule has 1 fully saturated rings. The van der Waals surface area contributed by atoms with Crippen LogP contribution in [0.2, 0.25) is 0 Å². The third-order valence-corrected chi connectivity index (χ3v) is 5.41. The van der Waals surface area contributed by atoms with E-state index in [0.29, 0.717) is 45.0 Å². The SMILES string of the molecule is COc1ccc(CN(C)C(=O)C[NH+]2CCN(c3cccc(C(F)(F)F)c3)CC2)cc1. The van der Waals surface area contributed by atoms with Crippen LogP contribution in [0.15, 0.2) is 48.5 Å². The predicted molar refractivity (Wildman–Crippen MR) is 109 cm³/mol. The molecule has 1 saturated heterocycles. The summed E-state index contributed by atoms with van der Waals surface area (Å²) in [6.45, 7) is 3.55. The van der Waals surface area contributed by atoms with Gasteiger partial charge in [-0.05, 0) is 35.9 Å². The van der Waals surface area contributed by atoms with Crippen LogP contribution in [-0.4, -0.2) is 57.7 Å². The normalized spacial score (nSPS) is 15.2. The van der Waals surface area contributed by atoms with Gasteiger partial charge in [0, 0.05) is 19.3 Å².